The highest BCUT2D eigenvalue weighted by Gasteiger charge is 2.30. The number of nitrogens with zero attached hydrogens (tertiary/aromatic N) is 1. The molecule has 0 aromatic heterocycles. The van der Waals surface area contributed by atoms with Gasteiger partial charge in [-0.25, -0.2) is 0 Å². The Morgan fingerprint density at radius 3 is 2.73 bits per heavy atom. The van der Waals surface area contributed by atoms with Crippen molar-refractivity contribution >= 4 is 23.1 Å². The van der Waals surface area contributed by atoms with Gasteiger partial charge in [-0.15, -0.1) is 0 Å². The molecule has 3 rings (SSSR count). The fourth-order valence-electron chi connectivity index (χ4n) is 3.09. The number of nitro benzene ring substituents is 1. The van der Waals surface area contributed by atoms with Crippen molar-refractivity contribution in [1.82, 2.24) is 0 Å². The maximum atomic E-state index is 12.7. The molecule has 0 spiro atoms. The Balaban J connectivity index is 2.04. The molecule has 1 aliphatic carbocycles. The van der Waals surface area contributed by atoms with Crippen LogP contribution in [0.3, 0.4) is 0 Å². The lowest BCUT2D eigenvalue weighted by molar-refractivity contribution is -0.384. The molecule has 22 heavy (non-hydrogen) atoms. The summed E-state index contributed by atoms with van der Waals surface area (Å²) in [5.74, 6) is -0.219. The SMILES string of the molecule is Cc1cc([N+](=O)[O-])c(Cl)cc1[C@@H]1CCc2ccccc2C1=O. The Morgan fingerprint density at radius 1 is 1.27 bits per heavy atom. The highest BCUT2D eigenvalue weighted by atomic mass is 35.5. The Hall–Kier alpha value is -2.20. The molecule has 0 unspecified atom stereocenters. The van der Waals surface area contributed by atoms with E-state index in [0.717, 1.165) is 28.7 Å². The second kappa shape index (κ2) is 5.54. The third-order valence-corrected chi connectivity index (χ3v) is 4.51. The predicted molar refractivity (Wildman–Crippen MR) is 84.7 cm³/mol. The molecular weight excluding hydrogens is 302 g/mol. The summed E-state index contributed by atoms with van der Waals surface area (Å²) in [6, 6.07) is 10.6. The number of rotatable bonds is 2. The number of hydrogen-bond donors (Lipinski definition) is 0. The number of benzene rings is 2. The Labute approximate surface area is 132 Å². The van der Waals surface area contributed by atoms with Gasteiger partial charge < -0.3 is 0 Å². The van der Waals surface area contributed by atoms with Crippen LogP contribution >= 0.6 is 11.6 Å². The van der Waals surface area contributed by atoms with Gasteiger partial charge in [0.05, 0.1) is 4.92 Å². The fourth-order valence-corrected chi connectivity index (χ4v) is 3.33. The summed E-state index contributed by atoms with van der Waals surface area (Å²) in [6.07, 6.45) is 1.52. The molecule has 0 bridgehead atoms. The van der Waals surface area contributed by atoms with E-state index in [1.54, 1.807) is 13.0 Å². The van der Waals surface area contributed by atoms with E-state index in [1.807, 2.05) is 24.3 Å². The van der Waals surface area contributed by atoms with Crippen LogP contribution in [0.15, 0.2) is 36.4 Å². The molecule has 0 fully saturated rings. The molecule has 0 N–H and O–H groups in total. The Bertz CT molecular complexity index is 785. The van der Waals surface area contributed by atoms with Gasteiger partial charge in [-0.3, -0.25) is 14.9 Å². The number of nitro groups is 1. The second-order valence-corrected chi connectivity index (χ2v) is 5.94. The van der Waals surface area contributed by atoms with Gasteiger partial charge in [0.1, 0.15) is 5.02 Å². The molecule has 0 amide bonds. The van der Waals surface area contributed by atoms with Crippen LogP contribution in [0.1, 0.15) is 39.4 Å². The fraction of sp³-hybridized carbons (Fsp3) is 0.235. The number of carbonyl (C=O) groups is 1. The smallest absolute Gasteiger partial charge is 0.288 e. The van der Waals surface area contributed by atoms with Crippen LogP contribution in [0.2, 0.25) is 5.02 Å². The highest BCUT2D eigenvalue weighted by molar-refractivity contribution is 6.32. The summed E-state index contributed by atoms with van der Waals surface area (Å²) in [6.45, 7) is 1.78. The lowest BCUT2D eigenvalue weighted by Crippen LogP contribution is -2.21. The monoisotopic (exact) mass is 315 g/mol. The molecule has 1 atom stereocenters. The van der Waals surface area contributed by atoms with Crippen molar-refractivity contribution in [3.05, 3.63) is 73.8 Å². The van der Waals surface area contributed by atoms with Crippen LogP contribution < -0.4 is 0 Å². The third kappa shape index (κ3) is 2.40. The van der Waals surface area contributed by atoms with E-state index in [1.165, 1.54) is 6.07 Å². The molecule has 1 aliphatic rings. The minimum absolute atomic E-state index is 0.0647. The summed E-state index contributed by atoms with van der Waals surface area (Å²) >= 11 is 6.01. The van der Waals surface area contributed by atoms with E-state index < -0.39 is 4.92 Å². The predicted octanol–water partition coefficient (Wildman–Crippen LogP) is 4.47. The quantitative estimate of drug-likeness (QED) is 0.607. The van der Waals surface area contributed by atoms with Crippen molar-refractivity contribution in [2.45, 2.75) is 25.7 Å². The van der Waals surface area contributed by atoms with E-state index in [-0.39, 0.29) is 22.4 Å². The Morgan fingerprint density at radius 2 is 2.00 bits per heavy atom. The average molecular weight is 316 g/mol. The maximum Gasteiger partial charge on any atom is 0.288 e. The summed E-state index contributed by atoms with van der Waals surface area (Å²) < 4.78 is 0. The van der Waals surface area contributed by atoms with Crippen molar-refractivity contribution in [2.75, 3.05) is 0 Å². The molecule has 5 heteroatoms. The van der Waals surface area contributed by atoms with Gasteiger partial charge in [0.25, 0.3) is 5.69 Å². The van der Waals surface area contributed by atoms with Gasteiger partial charge in [0.2, 0.25) is 0 Å². The lowest BCUT2D eigenvalue weighted by atomic mass is 9.78. The van der Waals surface area contributed by atoms with Crippen LogP contribution in [0.25, 0.3) is 0 Å². The number of Topliss-reactive ketones (excluding diaryl/α,β-unsaturated/α-hetero) is 1. The molecule has 4 nitrogen and oxygen atoms in total. The summed E-state index contributed by atoms with van der Waals surface area (Å²) in [7, 11) is 0. The third-order valence-electron chi connectivity index (χ3n) is 4.21. The van der Waals surface area contributed by atoms with E-state index in [4.69, 9.17) is 11.6 Å². The molecule has 0 radical (unpaired) electrons. The number of ketones is 1. The maximum absolute atomic E-state index is 12.7. The summed E-state index contributed by atoms with van der Waals surface area (Å²) in [5.41, 5.74) is 3.21. The number of hydrogen-bond acceptors (Lipinski definition) is 3. The van der Waals surface area contributed by atoms with Crippen molar-refractivity contribution in [3.8, 4) is 0 Å². The lowest BCUT2D eigenvalue weighted by Gasteiger charge is -2.25. The first-order valence-corrected chi connectivity index (χ1v) is 7.43. The minimum atomic E-state index is -0.503. The Kier molecular flexibility index (Phi) is 3.71. The molecule has 0 aliphatic heterocycles. The zero-order chi connectivity index (χ0) is 15.9. The minimum Gasteiger partial charge on any atom is -0.293 e. The van der Waals surface area contributed by atoms with Gasteiger partial charge >= 0.3 is 0 Å². The second-order valence-electron chi connectivity index (χ2n) is 5.53. The van der Waals surface area contributed by atoms with Gasteiger partial charge in [-0.2, -0.15) is 0 Å². The van der Waals surface area contributed by atoms with E-state index >= 15 is 0 Å². The molecule has 112 valence electrons. The van der Waals surface area contributed by atoms with E-state index in [9.17, 15) is 14.9 Å². The van der Waals surface area contributed by atoms with E-state index in [2.05, 4.69) is 0 Å². The zero-order valence-corrected chi connectivity index (χ0v) is 12.8. The number of fused-ring (bicyclic) bond motifs is 1. The topological polar surface area (TPSA) is 60.2 Å². The first kappa shape index (κ1) is 14.7. The zero-order valence-electron chi connectivity index (χ0n) is 12.0. The van der Waals surface area contributed by atoms with Gasteiger partial charge in [-0.05, 0) is 42.5 Å². The number of aryl methyl sites for hydroxylation is 2. The van der Waals surface area contributed by atoms with Crippen molar-refractivity contribution in [1.29, 1.82) is 0 Å². The van der Waals surface area contributed by atoms with Crippen LogP contribution in [0.4, 0.5) is 5.69 Å². The van der Waals surface area contributed by atoms with Crippen molar-refractivity contribution < 1.29 is 9.72 Å². The van der Waals surface area contributed by atoms with Crippen LogP contribution in [0, 0.1) is 17.0 Å². The normalized spacial score (nSPS) is 17.2. The molecule has 0 heterocycles. The first-order chi connectivity index (χ1) is 10.5. The van der Waals surface area contributed by atoms with Crippen LogP contribution in [0.5, 0.6) is 0 Å². The largest absolute Gasteiger partial charge is 0.293 e. The number of carbonyl (C=O) groups excluding carboxylic acids is 1. The molecule has 2 aromatic carbocycles. The van der Waals surface area contributed by atoms with Crippen molar-refractivity contribution in [2.24, 2.45) is 0 Å². The van der Waals surface area contributed by atoms with Crippen LogP contribution in [-0.2, 0) is 6.42 Å². The summed E-state index contributed by atoms with van der Waals surface area (Å²) in [5, 5.41) is 11.0. The number of halogens is 1. The molecular formula is C17H14ClNO3. The molecule has 2 aromatic rings. The summed E-state index contributed by atoms with van der Waals surface area (Å²) in [4.78, 5) is 23.2. The van der Waals surface area contributed by atoms with Crippen molar-refractivity contribution in [3.63, 3.8) is 0 Å². The first-order valence-electron chi connectivity index (χ1n) is 7.05. The van der Waals surface area contributed by atoms with Gasteiger partial charge in [0.15, 0.2) is 5.78 Å². The standard InChI is InChI=1S/C17H14ClNO3/c1-10-8-16(19(21)22)15(18)9-14(10)13-7-6-11-4-2-3-5-12(11)17(13)20/h2-5,8-9,13H,6-7H2,1H3/t13-/m0/s1. The molecule has 0 saturated heterocycles. The molecule has 0 saturated carbocycles. The highest BCUT2D eigenvalue weighted by Crippen LogP contribution is 2.37. The van der Waals surface area contributed by atoms with Gasteiger partial charge in [0, 0.05) is 17.5 Å². The van der Waals surface area contributed by atoms with Gasteiger partial charge in [-0.1, -0.05) is 35.9 Å². The van der Waals surface area contributed by atoms with E-state index in [0.29, 0.717) is 6.42 Å². The average Bonchev–Trinajstić information content (AvgIpc) is 2.50. The van der Waals surface area contributed by atoms with Crippen LogP contribution in [-0.4, -0.2) is 10.7 Å².